The normalized spacial score (nSPS) is 21.7. The van der Waals surface area contributed by atoms with Crippen molar-refractivity contribution in [2.75, 3.05) is 19.6 Å². The minimum atomic E-state index is -0.255. The minimum absolute atomic E-state index is 0.173. The van der Waals surface area contributed by atoms with E-state index in [4.69, 9.17) is 10.5 Å². The van der Waals surface area contributed by atoms with Gasteiger partial charge in [0.2, 0.25) is 0 Å². The third kappa shape index (κ3) is 4.82. The number of rotatable bonds is 2. The molecule has 2 rings (SSSR count). The van der Waals surface area contributed by atoms with Crippen LogP contribution >= 0.6 is 0 Å². The fourth-order valence-corrected chi connectivity index (χ4v) is 2.93. The Morgan fingerprint density at radius 1 is 1.43 bits per heavy atom. The summed E-state index contributed by atoms with van der Waals surface area (Å²) in [6, 6.07) is 4.94. The first-order chi connectivity index (χ1) is 9.88. The van der Waals surface area contributed by atoms with E-state index in [9.17, 15) is 4.39 Å². The van der Waals surface area contributed by atoms with Crippen LogP contribution in [-0.2, 0) is 11.3 Å². The Balaban J connectivity index is 2.13. The van der Waals surface area contributed by atoms with Crippen molar-refractivity contribution in [3.63, 3.8) is 0 Å². The van der Waals surface area contributed by atoms with Gasteiger partial charge in [-0.05, 0) is 44.5 Å². The number of nitrogens with zero attached hydrogens (tertiary/aromatic N) is 1. The highest BCUT2D eigenvalue weighted by Crippen LogP contribution is 2.22. The lowest BCUT2D eigenvalue weighted by atomic mass is 10.0. The molecule has 0 aliphatic carbocycles. The maximum atomic E-state index is 13.7. The highest BCUT2D eigenvalue weighted by molar-refractivity contribution is 5.38. The molecule has 1 aromatic rings. The summed E-state index contributed by atoms with van der Waals surface area (Å²) in [6.45, 7) is 8.89. The summed E-state index contributed by atoms with van der Waals surface area (Å²) in [5.41, 5.74) is 6.79. The van der Waals surface area contributed by atoms with Crippen LogP contribution in [0.5, 0.6) is 0 Å². The van der Waals surface area contributed by atoms with Gasteiger partial charge in [-0.25, -0.2) is 4.39 Å². The van der Waals surface area contributed by atoms with Crippen molar-refractivity contribution in [2.45, 2.75) is 39.0 Å². The molecule has 1 aromatic carbocycles. The van der Waals surface area contributed by atoms with Gasteiger partial charge in [0.1, 0.15) is 5.82 Å². The summed E-state index contributed by atoms with van der Waals surface area (Å²) in [4.78, 5) is 2.29. The Morgan fingerprint density at radius 3 is 2.86 bits per heavy atom. The Bertz CT molecular complexity index is 560. The summed E-state index contributed by atoms with van der Waals surface area (Å²) >= 11 is 0. The molecular formula is C17H23FN2O. The maximum Gasteiger partial charge on any atom is 0.124 e. The Kier molecular flexibility index (Phi) is 5.00. The van der Waals surface area contributed by atoms with E-state index >= 15 is 0 Å². The van der Waals surface area contributed by atoms with E-state index in [0.29, 0.717) is 12.1 Å². The lowest BCUT2D eigenvalue weighted by Crippen LogP contribution is -2.51. The van der Waals surface area contributed by atoms with E-state index in [-0.39, 0.29) is 24.1 Å². The van der Waals surface area contributed by atoms with Crippen molar-refractivity contribution in [1.29, 1.82) is 0 Å². The molecule has 114 valence electrons. The second kappa shape index (κ2) is 6.57. The van der Waals surface area contributed by atoms with E-state index in [1.54, 1.807) is 6.07 Å². The van der Waals surface area contributed by atoms with Gasteiger partial charge in [-0.15, -0.1) is 0 Å². The standard InChI is InChI=1S/C17H23FN2O/c1-13-10-20(12-17(2,3)21-13)11-15-7-14(5-4-6-19)8-16(18)9-15/h7-9,13H,6,10-12,19H2,1-3H3. The van der Waals surface area contributed by atoms with Gasteiger partial charge >= 0.3 is 0 Å². The summed E-state index contributed by atoms with van der Waals surface area (Å²) in [5.74, 6) is 5.39. The van der Waals surface area contributed by atoms with Gasteiger partial charge in [-0.2, -0.15) is 0 Å². The number of nitrogens with two attached hydrogens (primary N) is 1. The molecule has 3 nitrogen and oxygen atoms in total. The predicted octanol–water partition coefficient (Wildman–Crippen LogP) is 2.14. The monoisotopic (exact) mass is 290 g/mol. The smallest absolute Gasteiger partial charge is 0.124 e. The molecular weight excluding hydrogens is 267 g/mol. The van der Waals surface area contributed by atoms with Crippen LogP contribution in [0, 0.1) is 17.7 Å². The summed E-state index contributed by atoms with van der Waals surface area (Å²) in [5, 5.41) is 0. The maximum absolute atomic E-state index is 13.7. The van der Waals surface area contributed by atoms with Crippen molar-refractivity contribution in [3.05, 3.63) is 35.1 Å². The summed E-state index contributed by atoms with van der Waals surface area (Å²) < 4.78 is 19.6. The molecule has 1 heterocycles. The average Bonchev–Trinajstić information content (AvgIpc) is 2.33. The number of hydrogen-bond donors (Lipinski definition) is 1. The van der Waals surface area contributed by atoms with Crippen LogP contribution in [0.2, 0.25) is 0 Å². The second-order valence-corrected chi connectivity index (χ2v) is 6.21. The molecule has 1 atom stereocenters. The molecule has 2 N–H and O–H groups in total. The zero-order valence-electron chi connectivity index (χ0n) is 12.9. The molecule has 4 heteroatoms. The van der Waals surface area contributed by atoms with Gasteiger partial charge < -0.3 is 10.5 Å². The molecule has 21 heavy (non-hydrogen) atoms. The third-order valence-corrected chi connectivity index (χ3v) is 3.34. The molecule has 1 saturated heterocycles. The predicted molar refractivity (Wildman–Crippen MR) is 82.2 cm³/mol. The Morgan fingerprint density at radius 2 is 2.19 bits per heavy atom. The quantitative estimate of drug-likeness (QED) is 0.848. The fourth-order valence-electron chi connectivity index (χ4n) is 2.93. The van der Waals surface area contributed by atoms with Crippen molar-refractivity contribution in [1.82, 2.24) is 4.90 Å². The van der Waals surface area contributed by atoms with E-state index in [1.807, 2.05) is 6.07 Å². The topological polar surface area (TPSA) is 38.5 Å². The van der Waals surface area contributed by atoms with E-state index in [1.165, 1.54) is 6.07 Å². The third-order valence-electron chi connectivity index (χ3n) is 3.34. The van der Waals surface area contributed by atoms with Gasteiger partial charge in [0.15, 0.2) is 0 Å². The largest absolute Gasteiger partial charge is 0.370 e. The summed E-state index contributed by atoms with van der Waals surface area (Å²) in [7, 11) is 0. The van der Waals surface area contributed by atoms with Crippen molar-refractivity contribution < 1.29 is 9.13 Å². The number of ether oxygens (including phenoxy) is 1. The van der Waals surface area contributed by atoms with Crippen molar-refractivity contribution in [3.8, 4) is 11.8 Å². The number of benzene rings is 1. The number of halogens is 1. The SMILES string of the molecule is CC1CN(Cc2cc(F)cc(C#CCN)c2)CC(C)(C)O1. The molecule has 0 spiro atoms. The summed E-state index contributed by atoms with van der Waals surface area (Å²) in [6.07, 6.45) is 0.179. The van der Waals surface area contributed by atoms with Crippen LogP contribution in [0.1, 0.15) is 31.9 Å². The first-order valence-corrected chi connectivity index (χ1v) is 7.26. The number of morpholine rings is 1. The molecule has 0 aromatic heterocycles. The van der Waals surface area contributed by atoms with Crippen LogP contribution in [0.15, 0.2) is 18.2 Å². The Labute approximate surface area is 126 Å². The molecule has 0 radical (unpaired) electrons. The number of hydrogen-bond acceptors (Lipinski definition) is 3. The zero-order chi connectivity index (χ0) is 15.5. The van der Waals surface area contributed by atoms with Gasteiger partial charge in [-0.1, -0.05) is 11.8 Å². The average molecular weight is 290 g/mol. The molecule has 0 amide bonds. The van der Waals surface area contributed by atoms with Gasteiger partial charge in [0, 0.05) is 25.2 Å². The highest BCUT2D eigenvalue weighted by Gasteiger charge is 2.31. The molecule has 1 fully saturated rings. The van der Waals surface area contributed by atoms with Crippen LogP contribution in [0.4, 0.5) is 4.39 Å². The Hall–Kier alpha value is -1.41. The van der Waals surface area contributed by atoms with E-state index < -0.39 is 0 Å². The van der Waals surface area contributed by atoms with Crippen LogP contribution in [-0.4, -0.2) is 36.2 Å². The van der Waals surface area contributed by atoms with Crippen molar-refractivity contribution in [2.24, 2.45) is 5.73 Å². The van der Waals surface area contributed by atoms with E-state index in [2.05, 4.69) is 37.5 Å². The first-order valence-electron chi connectivity index (χ1n) is 7.26. The lowest BCUT2D eigenvalue weighted by molar-refractivity contribution is -0.130. The van der Waals surface area contributed by atoms with Gasteiger partial charge in [-0.3, -0.25) is 4.90 Å². The minimum Gasteiger partial charge on any atom is -0.370 e. The lowest BCUT2D eigenvalue weighted by Gasteiger charge is -2.41. The van der Waals surface area contributed by atoms with Crippen LogP contribution in [0.25, 0.3) is 0 Å². The fraction of sp³-hybridized carbons (Fsp3) is 0.529. The van der Waals surface area contributed by atoms with Gasteiger partial charge in [0.05, 0.1) is 18.2 Å². The molecule has 0 saturated carbocycles. The van der Waals surface area contributed by atoms with E-state index in [0.717, 1.165) is 18.7 Å². The van der Waals surface area contributed by atoms with Gasteiger partial charge in [0.25, 0.3) is 0 Å². The molecule has 1 unspecified atom stereocenters. The van der Waals surface area contributed by atoms with Crippen molar-refractivity contribution >= 4 is 0 Å². The second-order valence-electron chi connectivity index (χ2n) is 6.21. The highest BCUT2D eigenvalue weighted by atomic mass is 19.1. The molecule has 1 aliphatic rings. The zero-order valence-corrected chi connectivity index (χ0v) is 12.9. The van der Waals surface area contributed by atoms with Crippen LogP contribution in [0.3, 0.4) is 0 Å². The van der Waals surface area contributed by atoms with Crippen LogP contribution < -0.4 is 5.73 Å². The first kappa shape index (κ1) is 16.0. The molecule has 1 aliphatic heterocycles. The molecule has 0 bridgehead atoms.